The molecule has 11 heavy (non-hydrogen) atoms. The Balaban J connectivity index is 3.31. The van der Waals surface area contributed by atoms with Gasteiger partial charge in [0.1, 0.15) is 6.04 Å². The van der Waals surface area contributed by atoms with Gasteiger partial charge in [0.25, 0.3) is 0 Å². The second-order valence-corrected chi connectivity index (χ2v) is 2.42. The van der Waals surface area contributed by atoms with Crippen LogP contribution in [0.2, 0.25) is 0 Å². The summed E-state index contributed by atoms with van der Waals surface area (Å²) in [6.07, 6.45) is 4.80. The molecule has 0 spiro atoms. The van der Waals surface area contributed by atoms with Gasteiger partial charge in [-0.2, -0.15) is 0 Å². The number of nitrogens with one attached hydrogen (secondary N) is 1. The number of rotatable bonds is 5. The fourth-order valence-electron chi connectivity index (χ4n) is 0.634. The van der Waals surface area contributed by atoms with Crippen LogP contribution in [0.4, 0.5) is 0 Å². The lowest BCUT2D eigenvalue weighted by atomic mass is 10.2. The van der Waals surface area contributed by atoms with Crippen molar-refractivity contribution in [3.8, 4) is 0 Å². The van der Waals surface area contributed by atoms with Crippen molar-refractivity contribution in [1.29, 1.82) is 0 Å². The van der Waals surface area contributed by atoms with E-state index in [1.165, 1.54) is 0 Å². The number of quaternary nitrogens is 1. The highest BCUT2D eigenvalue weighted by atomic mass is 16.8. The van der Waals surface area contributed by atoms with Crippen molar-refractivity contribution in [2.45, 2.75) is 25.8 Å². The van der Waals surface area contributed by atoms with Crippen LogP contribution in [0.15, 0.2) is 12.3 Å². The van der Waals surface area contributed by atoms with E-state index in [4.69, 9.17) is 5.21 Å². The fraction of sp³-hybridized carbons (Fsp3) is 0.714. The molecule has 0 fully saturated rings. The maximum absolute atomic E-state index is 10.3. The molecule has 0 aliphatic heterocycles. The Bertz CT molecular complexity index is 114. The van der Waals surface area contributed by atoms with Gasteiger partial charge in [-0.25, -0.2) is 10.4 Å². The molecular formula is C7H15NO3. The highest BCUT2D eigenvalue weighted by molar-refractivity contribution is 4.73. The maximum Gasteiger partial charge on any atom is 0.114 e. The minimum atomic E-state index is -0.740. The first kappa shape index (κ1) is 10.4. The Kier molecular flexibility index (Phi) is 5.83. The summed E-state index contributed by atoms with van der Waals surface area (Å²) in [5.41, 5.74) is 0. The number of methoxy groups -OCH3 is 1. The van der Waals surface area contributed by atoms with Gasteiger partial charge in [0.15, 0.2) is 0 Å². The molecule has 0 aromatic heterocycles. The number of ether oxygens (including phenoxy) is 1. The standard InChI is InChI=1S/C7H15NO3/c1-7(8(9)10)5-3-4-6-11-2/h4,6-9H,3,5H2,1-2H3/b6-4+. The molecule has 0 aromatic rings. The Morgan fingerprint density at radius 3 is 2.82 bits per heavy atom. The van der Waals surface area contributed by atoms with E-state index in [2.05, 4.69) is 4.74 Å². The van der Waals surface area contributed by atoms with Gasteiger partial charge in [-0.1, -0.05) is 0 Å². The summed E-state index contributed by atoms with van der Waals surface area (Å²) >= 11 is 0. The highest BCUT2D eigenvalue weighted by Gasteiger charge is 2.04. The predicted octanol–water partition coefficient (Wildman–Crippen LogP) is 0.0871. The summed E-state index contributed by atoms with van der Waals surface area (Å²) < 4.78 is 4.66. The number of hydrogen-bond acceptors (Lipinski definition) is 3. The third-order valence-corrected chi connectivity index (χ3v) is 1.42. The molecule has 4 heteroatoms. The zero-order chi connectivity index (χ0) is 8.69. The van der Waals surface area contributed by atoms with E-state index in [0.29, 0.717) is 6.42 Å². The molecule has 0 aliphatic carbocycles. The first-order valence-corrected chi connectivity index (χ1v) is 3.59. The van der Waals surface area contributed by atoms with E-state index < -0.39 is 5.23 Å². The van der Waals surface area contributed by atoms with Crippen LogP contribution in [0.3, 0.4) is 0 Å². The Hall–Kier alpha value is -0.580. The van der Waals surface area contributed by atoms with Gasteiger partial charge in [0, 0.05) is 6.42 Å². The van der Waals surface area contributed by atoms with E-state index in [0.717, 1.165) is 6.42 Å². The molecule has 0 saturated carbocycles. The topological polar surface area (TPSA) is 57.0 Å². The largest absolute Gasteiger partial charge is 0.600 e. The van der Waals surface area contributed by atoms with Gasteiger partial charge in [0.2, 0.25) is 0 Å². The molecule has 2 N–H and O–H groups in total. The van der Waals surface area contributed by atoms with Gasteiger partial charge in [-0.3, -0.25) is 0 Å². The molecular weight excluding hydrogens is 146 g/mol. The second kappa shape index (κ2) is 6.15. The van der Waals surface area contributed by atoms with Crippen LogP contribution in [-0.4, -0.2) is 18.4 Å². The van der Waals surface area contributed by atoms with Crippen LogP contribution in [0.25, 0.3) is 0 Å². The van der Waals surface area contributed by atoms with Crippen molar-refractivity contribution < 1.29 is 15.2 Å². The average molecular weight is 161 g/mol. The van der Waals surface area contributed by atoms with Gasteiger partial charge >= 0.3 is 0 Å². The van der Waals surface area contributed by atoms with Crippen LogP contribution in [0.1, 0.15) is 19.8 Å². The van der Waals surface area contributed by atoms with E-state index in [9.17, 15) is 5.21 Å². The molecule has 0 rings (SSSR count). The zero-order valence-electron chi connectivity index (χ0n) is 6.91. The summed E-state index contributed by atoms with van der Waals surface area (Å²) in [5, 5.41) is 18.1. The monoisotopic (exact) mass is 161 g/mol. The summed E-state index contributed by atoms with van der Waals surface area (Å²) in [6.45, 7) is 1.70. The molecule has 2 atom stereocenters. The number of allylic oxidation sites excluding steroid dienone is 1. The summed E-state index contributed by atoms with van der Waals surface area (Å²) in [7, 11) is 1.57. The molecule has 0 bridgehead atoms. The predicted molar refractivity (Wildman–Crippen MR) is 41.0 cm³/mol. The van der Waals surface area contributed by atoms with Crippen LogP contribution < -0.4 is 5.23 Å². The van der Waals surface area contributed by atoms with Gasteiger partial charge < -0.3 is 9.94 Å². The van der Waals surface area contributed by atoms with E-state index in [1.54, 1.807) is 20.3 Å². The minimum absolute atomic E-state index is 0.267. The minimum Gasteiger partial charge on any atom is -0.600 e. The molecule has 4 nitrogen and oxygen atoms in total. The zero-order valence-corrected chi connectivity index (χ0v) is 6.91. The molecule has 0 amide bonds. The molecule has 0 heterocycles. The summed E-state index contributed by atoms with van der Waals surface area (Å²) in [4.78, 5) is 0. The Morgan fingerprint density at radius 2 is 2.36 bits per heavy atom. The lowest BCUT2D eigenvalue weighted by Gasteiger charge is -2.19. The molecule has 66 valence electrons. The third kappa shape index (κ3) is 5.84. The Morgan fingerprint density at radius 1 is 1.73 bits per heavy atom. The quantitative estimate of drug-likeness (QED) is 0.443. The van der Waals surface area contributed by atoms with Crippen molar-refractivity contribution in [3.63, 3.8) is 0 Å². The summed E-state index contributed by atoms with van der Waals surface area (Å²) in [5.74, 6) is 0. The van der Waals surface area contributed by atoms with E-state index >= 15 is 0 Å². The highest BCUT2D eigenvalue weighted by Crippen LogP contribution is 1.93. The summed E-state index contributed by atoms with van der Waals surface area (Å²) in [6, 6.07) is -0.267. The Labute approximate surface area is 66.6 Å². The molecule has 0 saturated heterocycles. The maximum atomic E-state index is 10.3. The normalized spacial score (nSPS) is 16.7. The van der Waals surface area contributed by atoms with Crippen molar-refractivity contribution in [2.24, 2.45) is 0 Å². The van der Waals surface area contributed by atoms with Crippen LogP contribution in [0.5, 0.6) is 0 Å². The number of hydrogen-bond donors (Lipinski definition) is 2. The van der Waals surface area contributed by atoms with Crippen LogP contribution in [0, 0.1) is 5.21 Å². The van der Waals surface area contributed by atoms with Crippen molar-refractivity contribution in [3.05, 3.63) is 17.5 Å². The van der Waals surface area contributed by atoms with Gasteiger partial charge in [0.05, 0.1) is 13.4 Å². The second-order valence-electron chi connectivity index (χ2n) is 2.42. The molecule has 0 radical (unpaired) electrons. The van der Waals surface area contributed by atoms with Gasteiger partial charge in [-0.15, -0.1) is 0 Å². The fourth-order valence-corrected chi connectivity index (χ4v) is 0.634. The van der Waals surface area contributed by atoms with Crippen molar-refractivity contribution in [1.82, 2.24) is 0 Å². The van der Waals surface area contributed by atoms with Crippen LogP contribution >= 0.6 is 0 Å². The first-order chi connectivity index (χ1) is 5.18. The van der Waals surface area contributed by atoms with Crippen molar-refractivity contribution >= 4 is 0 Å². The number of hydroxylamine groups is 2. The lowest BCUT2D eigenvalue weighted by Crippen LogP contribution is -3.08. The first-order valence-electron chi connectivity index (χ1n) is 3.59. The van der Waals surface area contributed by atoms with Crippen molar-refractivity contribution in [2.75, 3.05) is 7.11 Å². The molecule has 0 aliphatic rings. The molecule has 2 unspecified atom stereocenters. The van der Waals surface area contributed by atoms with Gasteiger partial charge in [-0.05, 0) is 19.4 Å². The van der Waals surface area contributed by atoms with E-state index in [-0.39, 0.29) is 6.04 Å². The lowest BCUT2D eigenvalue weighted by molar-refractivity contribution is -1.07. The molecule has 0 aromatic carbocycles. The third-order valence-electron chi connectivity index (χ3n) is 1.42. The van der Waals surface area contributed by atoms with Crippen LogP contribution in [-0.2, 0) is 4.74 Å². The average Bonchev–Trinajstić information content (AvgIpc) is 1.97. The smallest absolute Gasteiger partial charge is 0.114 e. The SMILES string of the molecule is CO/C=C/CCC(C)[NH+]([O-])O. The van der Waals surface area contributed by atoms with E-state index in [1.807, 2.05) is 6.08 Å².